The molecule has 0 aliphatic carbocycles. The van der Waals surface area contributed by atoms with Crippen LogP contribution in [0.4, 0.5) is 0 Å². The Morgan fingerprint density at radius 3 is 0.839 bits per heavy atom. The summed E-state index contributed by atoms with van der Waals surface area (Å²) in [5, 5.41) is 16.8. The molecular weight excluding hydrogens is 432 g/mol. The predicted molar refractivity (Wildman–Crippen MR) is 120 cm³/mol. The first kappa shape index (κ1) is 40.9. The maximum absolute atomic E-state index is 10.2. The SMILES string of the molecule is CCCCCCCCCCCC(=O)O.CCCCCCCCCCCC(=O)O.[O-2].[O-2].[Ti+4]. The van der Waals surface area contributed by atoms with Gasteiger partial charge in [-0.3, -0.25) is 9.59 Å². The molecule has 0 amide bonds. The van der Waals surface area contributed by atoms with Crippen molar-refractivity contribution in [3.05, 3.63) is 0 Å². The van der Waals surface area contributed by atoms with Crippen LogP contribution in [0.5, 0.6) is 0 Å². The molecule has 0 spiro atoms. The minimum atomic E-state index is -0.659. The Kier molecular flexibility index (Phi) is 48.7. The van der Waals surface area contributed by atoms with Crippen LogP contribution in [0.2, 0.25) is 0 Å². The summed E-state index contributed by atoms with van der Waals surface area (Å²) < 4.78 is 0. The van der Waals surface area contributed by atoms with Gasteiger partial charge in [-0.15, -0.1) is 0 Å². The van der Waals surface area contributed by atoms with E-state index in [4.69, 9.17) is 10.2 Å². The van der Waals surface area contributed by atoms with Gasteiger partial charge in [0.2, 0.25) is 0 Å². The third-order valence-corrected chi connectivity index (χ3v) is 4.99. The first-order valence-corrected chi connectivity index (χ1v) is 12.0. The molecule has 0 saturated carbocycles. The standard InChI is InChI=1S/2C12H24O2.2O.Ti/c2*1-2-3-4-5-6-7-8-9-10-11-12(13)14;;;/h2*2-11H2,1H3,(H,13,14);;;/q;;2*-2;+4. The maximum atomic E-state index is 10.2. The van der Waals surface area contributed by atoms with Gasteiger partial charge in [0.05, 0.1) is 0 Å². The minimum absolute atomic E-state index is 0. The van der Waals surface area contributed by atoms with Crippen molar-refractivity contribution in [2.75, 3.05) is 0 Å². The Balaban J connectivity index is -0.000000133. The van der Waals surface area contributed by atoms with Gasteiger partial charge in [-0.05, 0) is 12.8 Å². The molecule has 0 unspecified atom stereocenters. The van der Waals surface area contributed by atoms with Crippen molar-refractivity contribution in [3.8, 4) is 0 Å². The molecule has 31 heavy (non-hydrogen) atoms. The van der Waals surface area contributed by atoms with Gasteiger partial charge in [-0.25, -0.2) is 0 Å². The third kappa shape index (κ3) is 48.3. The summed E-state index contributed by atoms with van der Waals surface area (Å²) in [6, 6.07) is 0. The number of unbranched alkanes of at least 4 members (excludes halogenated alkanes) is 16. The molecule has 6 nitrogen and oxygen atoms in total. The smallest absolute Gasteiger partial charge is 2.00 e. The van der Waals surface area contributed by atoms with Gasteiger partial charge in [0.1, 0.15) is 0 Å². The molecule has 0 aromatic rings. The average molecular weight is 481 g/mol. The van der Waals surface area contributed by atoms with Gasteiger partial charge >= 0.3 is 33.7 Å². The van der Waals surface area contributed by atoms with E-state index >= 15 is 0 Å². The topological polar surface area (TPSA) is 132 Å². The molecule has 0 fully saturated rings. The number of hydrogen-bond donors (Lipinski definition) is 2. The fraction of sp³-hybridized carbons (Fsp3) is 0.917. The second kappa shape index (κ2) is 36.9. The molecule has 0 aromatic heterocycles. The van der Waals surface area contributed by atoms with E-state index in [-0.39, 0.29) is 32.7 Å². The molecule has 2 N–H and O–H groups in total. The summed E-state index contributed by atoms with van der Waals surface area (Å²) in [6.07, 6.45) is 23.0. The Bertz CT molecular complexity index is 308. The van der Waals surface area contributed by atoms with Gasteiger partial charge in [0.25, 0.3) is 0 Å². The van der Waals surface area contributed by atoms with E-state index in [1.54, 1.807) is 0 Å². The largest absolute Gasteiger partial charge is 4.00 e. The van der Waals surface area contributed by atoms with Gasteiger partial charge in [0, 0.05) is 12.8 Å². The number of hydrogen-bond acceptors (Lipinski definition) is 2. The van der Waals surface area contributed by atoms with Crippen molar-refractivity contribution < 1.29 is 52.5 Å². The van der Waals surface area contributed by atoms with E-state index in [1.165, 1.54) is 89.9 Å². The van der Waals surface area contributed by atoms with E-state index in [9.17, 15) is 9.59 Å². The molecule has 0 heterocycles. The first-order valence-electron chi connectivity index (χ1n) is 12.0. The van der Waals surface area contributed by atoms with Crippen LogP contribution in [0.25, 0.3) is 0 Å². The van der Waals surface area contributed by atoms with Gasteiger partial charge < -0.3 is 21.2 Å². The number of carboxylic acid groups (broad SMARTS) is 2. The quantitative estimate of drug-likeness (QED) is 0.136. The van der Waals surface area contributed by atoms with E-state index in [2.05, 4.69) is 13.8 Å². The molecule has 0 saturated heterocycles. The summed E-state index contributed by atoms with van der Waals surface area (Å²) in [5.74, 6) is -1.32. The van der Waals surface area contributed by atoms with Crippen molar-refractivity contribution in [2.24, 2.45) is 0 Å². The number of aliphatic carboxylic acids is 2. The van der Waals surface area contributed by atoms with Crippen molar-refractivity contribution >= 4 is 11.9 Å². The van der Waals surface area contributed by atoms with E-state index < -0.39 is 11.9 Å². The molecule has 0 rings (SSSR count). The molecule has 0 aliphatic rings. The van der Waals surface area contributed by atoms with E-state index in [1.807, 2.05) is 0 Å². The van der Waals surface area contributed by atoms with Crippen LogP contribution in [0.1, 0.15) is 142 Å². The summed E-state index contributed by atoms with van der Waals surface area (Å²) in [7, 11) is 0. The fourth-order valence-electron chi connectivity index (χ4n) is 3.17. The monoisotopic (exact) mass is 480 g/mol. The minimum Gasteiger partial charge on any atom is -2.00 e. The van der Waals surface area contributed by atoms with Gasteiger partial charge in [0.15, 0.2) is 0 Å². The Labute approximate surface area is 206 Å². The number of rotatable bonds is 20. The molecule has 184 valence electrons. The zero-order valence-electron chi connectivity index (χ0n) is 20.2. The molecule has 7 heteroatoms. The van der Waals surface area contributed by atoms with Crippen LogP contribution in [0.3, 0.4) is 0 Å². The molecule has 0 bridgehead atoms. The van der Waals surface area contributed by atoms with Gasteiger partial charge in [-0.1, -0.05) is 117 Å². The number of carbonyl (C=O) groups is 2. The normalized spacial score (nSPS) is 9.35. The fourth-order valence-corrected chi connectivity index (χ4v) is 3.17. The Morgan fingerprint density at radius 2 is 0.645 bits per heavy atom. The summed E-state index contributed by atoms with van der Waals surface area (Å²) in [6.45, 7) is 4.46. The van der Waals surface area contributed by atoms with E-state index in [0.717, 1.165) is 25.7 Å². The van der Waals surface area contributed by atoms with Crippen LogP contribution in [-0.4, -0.2) is 22.2 Å². The summed E-state index contributed by atoms with van der Waals surface area (Å²) in [5.41, 5.74) is 0. The van der Waals surface area contributed by atoms with Crippen LogP contribution in [0, 0.1) is 0 Å². The van der Waals surface area contributed by atoms with Crippen LogP contribution >= 0.6 is 0 Å². The van der Waals surface area contributed by atoms with Crippen molar-refractivity contribution in [3.63, 3.8) is 0 Å². The molecule has 0 atom stereocenters. The third-order valence-electron chi connectivity index (χ3n) is 4.99. The first-order chi connectivity index (χ1) is 13.5. The molecular formula is C24H48O6Ti. The zero-order valence-corrected chi connectivity index (χ0v) is 21.7. The van der Waals surface area contributed by atoms with E-state index in [0.29, 0.717) is 12.8 Å². The second-order valence-electron chi connectivity index (χ2n) is 7.94. The van der Waals surface area contributed by atoms with Crippen LogP contribution in [-0.2, 0) is 42.3 Å². The summed E-state index contributed by atoms with van der Waals surface area (Å²) in [4.78, 5) is 20.4. The predicted octanol–water partition coefficient (Wildman–Crippen LogP) is 7.74. The molecule has 0 aromatic carbocycles. The van der Waals surface area contributed by atoms with Crippen molar-refractivity contribution in [1.82, 2.24) is 0 Å². The second-order valence-corrected chi connectivity index (χ2v) is 7.94. The van der Waals surface area contributed by atoms with Crippen molar-refractivity contribution in [2.45, 2.75) is 142 Å². The Hall–Kier alpha value is -0.426. The zero-order chi connectivity index (χ0) is 21.3. The molecule has 0 aliphatic heterocycles. The number of carboxylic acids is 2. The average Bonchev–Trinajstić information content (AvgIpc) is 2.65. The van der Waals surface area contributed by atoms with Crippen molar-refractivity contribution in [1.29, 1.82) is 0 Å². The van der Waals surface area contributed by atoms with Crippen LogP contribution in [0.15, 0.2) is 0 Å². The van der Waals surface area contributed by atoms with Gasteiger partial charge in [-0.2, -0.15) is 0 Å². The summed E-state index contributed by atoms with van der Waals surface area (Å²) >= 11 is 0. The maximum Gasteiger partial charge on any atom is 4.00 e. The van der Waals surface area contributed by atoms with Crippen LogP contribution < -0.4 is 0 Å². The Morgan fingerprint density at radius 1 is 0.452 bits per heavy atom. The molecule has 0 radical (unpaired) electrons.